The first-order chi connectivity index (χ1) is 20.8. The number of rotatable bonds is 5. The van der Waals surface area contributed by atoms with Crippen LogP contribution >= 0.6 is 0 Å². The third-order valence-electron chi connectivity index (χ3n) is 7.54. The van der Waals surface area contributed by atoms with Crippen LogP contribution in [0.1, 0.15) is 16.7 Å². The molecule has 0 saturated carbocycles. The summed E-state index contributed by atoms with van der Waals surface area (Å²) >= 11 is 0. The number of aromatic nitrogens is 2. The Balaban J connectivity index is 0.000000187. The van der Waals surface area contributed by atoms with E-state index in [9.17, 15) is 0 Å². The van der Waals surface area contributed by atoms with Gasteiger partial charge in [0.15, 0.2) is 0 Å². The number of pyridine rings is 2. The molecule has 3 aromatic heterocycles. The standard InChI is InChI=1S/C24H16NO.C15H18NSi.Ir/c1-2-7-17(8-3-1)15-18-13-14-25-22(16-18)21-11-6-10-20-19-9-4-5-12-23(19)26-24(20)21;1-12-5-7-13(8-6-12)15-10-9-14(11-16-15)17(2,3)4;/h1-10,12-14,16H,15H2;5-7,9-11H,1-4H3;/q2*-1;. The van der Waals surface area contributed by atoms with Crippen LogP contribution in [-0.4, -0.2) is 18.0 Å². The van der Waals surface area contributed by atoms with Crippen LogP contribution in [0.2, 0.25) is 19.6 Å². The Labute approximate surface area is 274 Å². The molecule has 0 fully saturated rings. The van der Waals surface area contributed by atoms with E-state index >= 15 is 0 Å². The Bertz CT molecular complexity index is 1980. The second kappa shape index (κ2) is 13.6. The molecule has 7 aromatic rings. The van der Waals surface area contributed by atoms with Crippen molar-refractivity contribution in [3.05, 3.63) is 150 Å². The molecule has 0 aliphatic heterocycles. The maximum absolute atomic E-state index is 6.12. The molecular weight excluding hydrogens is 733 g/mol. The summed E-state index contributed by atoms with van der Waals surface area (Å²) in [6, 6.07) is 43.9. The third-order valence-corrected chi connectivity index (χ3v) is 9.57. The van der Waals surface area contributed by atoms with Gasteiger partial charge in [-0.1, -0.05) is 104 Å². The van der Waals surface area contributed by atoms with E-state index in [4.69, 9.17) is 4.42 Å². The molecule has 0 atom stereocenters. The fraction of sp³-hybridized carbons (Fsp3) is 0.128. The fourth-order valence-electron chi connectivity index (χ4n) is 5.09. The van der Waals surface area contributed by atoms with Crippen LogP contribution in [-0.2, 0) is 26.5 Å². The SMILES string of the molecule is Cc1c[c-]c(-c2ccc([Si](C)(C)C)cn2)cc1.[Ir].[c-]1ccc2c(oc3ccccc32)c1-c1cc(Cc2ccccc2)ccn1. The van der Waals surface area contributed by atoms with Gasteiger partial charge in [0, 0.05) is 37.9 Å². The molecule has 0 aliphatic carbocycles. The fourth-order valence-corrected chi connectivity index (χ4v) is 6.13. The van der Waals surface area contributed by atoms with Crippen molar-refractivity contribution in [3.8, 4) is 22.5 Å². The first-order valence-electron chi connectivity index (χ1n) is 14.6. The quantitative estimate of drug-likeness (QED) is 0.130. The average molecular weight is 767 g/mol. The minimum absolute atomic E-state index is 0. The maximum atomic E-state index is 6.12. The average Bonchev–Trinajstić information content (AvgIpc) is 3.41. The van der Waals surface area contributed by atoms with Crippen LogP contribution < -0.4 is 5.19 Å². The van der Waals surface area contributed by atoms with Gasteiger partial charge in [-0.3, -0.25) is 0 Å². The number of nitrogens with zero attached hydrogens (tertiary/aromatic N) is 2. The van der Waals surface area contributed by atoms with Crippen LogP contribution in [0.25, 0.3) is 44.5 Å². The summed E-state index contributed by atoms with van der Waals surface area (Å²) in [6.45, 7) is 9.08. The van der Waals surface area contributed by atoms with Gasteiger partial charge in [-0.05, 0) is 46.3 Å². The van der Waals surface area contributed by atoms with Gasteiger partial charge in [-0.15, -0.1) is 53.6 Å². The molecule has 0 amide bonds. The minimum Gasteiger partial charge on any atom is -0.501 e. The van der Waals surface area contributed by atoms with Crippen molar-refractivity contribution in [3.63, 3.8) is 0 Å². The van der Waals surface area contributed by atoms with Gasteiger partial charge in [0.05, 0.1) is 13.7 Å². The van der Waals surface area contributed by atoms with Crippen LogP contribution in [0.4, 0.5) is 0 Å². The molecule has 0 unspecified atom stereocenters. The molecule has 0 saturated heterocycles. The van der Waals surface area contributed by atoms with Crippen molar-refractivity contribution >= 4 is 35.2 Å². The van der Waals surface area contributed by atoms with E-state index < -0.39 is 8.07 Å². The number of fused-ring (bicyclic) bond motifs is 3. The number of benzene rings is 4. The Morgan fingerprint density at radius 1 is 0.727 bits per heavy atom. The zero-order chi connectivity index (χ0) is 29.8. The minimum atomic E-state index is -1.24. The monoisotopic (exact) mass is 767 g/mol. The molecule has 0 N–H and O–H groups in total. The summed E-state index contributed by atoms with van der Waals surface area (Å²) < 4.78 is 6.12. The smallest absolute Gasteiger partial charge is 0.120 e. The molecule has 1 radical (unpaired) electrons. The van der Waals surface area contributed by atoms with Crippen molar-refractivity contribution in [2.75, 3.05) is 0 Å². The molecule has 4 aromatic carbocycles. The zero-order valence-electron chi connectivity index (χ0n) is 25.4. The van der Waals surface area contributed by atoms with Crippen molar-refractivity contribution in [2.45, 2.75) is 33.0 Å². The van der Waals surface area contributed by atoms with Gasteiger partial charge in [-0.2, -0.15) is 0 Å². The van der Waals surface area contributed by atoms with Gasteiger partial charge in [-0.25, -0.2) is 0 Å². The van der Waals surface area contributed by atoms with Crippen molar-refractivity contribution < 1.29 is 24.5 Å². The third kappa shape index (κ3) is 7.14. The van der Waals surface area contributed by atoms with Gasteiger partial charge < -0.3 is 14.4 Å². The Kier molecular flexibility index (Phi) is 9.70. The Hall–Kier alpha value is -4.15. The second-order valence-electron chi connectivity index (χ2n) is 11.9. The first-order valence-corrected chi connectivity index (χ1v) is 18.1. The first kappa shape index (κ1) is 31.3. The molecule has 3 heterocycles. The molecule has 44 heavy (non-hydrogen) atoms. The summed E-state index contributed by atoms with van der Waals surface area (Å²) in [5, 5.41) is 3.62. The van der Waals surface area contributed by atoms with Gasteiger partial charge >= 0.3 is 0 Å². The Morgan fingerprint density at radius 3 is 2.25 bits per heavy atom. The molecule has 221 valence electrons. The van der Waals surface area contributed by atoms with Crippen LogP contribution in [0.15, 0.2) is 126 Å². The number of aryl methyl sites for hydroxylation is 1. The number of hydrogen-bond donors (Lipinski definition) is 0. The topological polar surface area (TPSA) is 38.9 Å². The molecule has 0 bridgehead atoms. The number of hydrogen-bond acceptors (Lipinski definition) is 3. The summed E-state index contributed by atoms with van der Waals surface area (Å²) in [5.74, 6) is 0. The summed E-state index contributed by atoms with van der Waals surface area (Å²) in [5.41, 5.74) is 9.36. The normalized spacial score (nSPS) is 11.1. The zero-order valence-corrected chi connectivity index (χ0v) is 28.8. The summed E-state index contributed by atoms with van der Waals surface area (Å²) in [4.78, 5) is 9.13. The molecule has 0 spiro atoms. The summed E-state index contributed by atoms with van der Waals surface area (Å²) in [6.07, 6.45) is 4.77. The predicted molar refractivity (Wildman–Crippen MR) is 181 cm³/mol. The predicted octanol–water partition coefficient (Wildman–Crippen LogP) is 9.44. The van der Waals surface area contributed by atoms with Crippen molar-refractivity contribution in [1.29, 1.82) is 0 Å². The van der Waals surface area contributed by atoms with E-state index in [2.05, 4.69) is 121 Å². The summed E-state index contributed by atoms with van der Waals surface area (Å²) in [7, 11) is -1.24. The van der Waals surface area contributed by atoms with E-state index in [1.807, 2.05) is 48.8 Å². The van der Waals surface area contributed by atoms with E-state index in [0.717, 1.165) is 50.9 Å². The van der Waals surface area contributed by atoms with E-state index in [1.54, 1.807) is 0 Å². The molecular formula is C39H34IrN2OSi-2. The van der Waals surface area contributed by atoms with E-state index in [0.29, 0.717) is 0 Å². The van der Waals surface area contributed by atoms with E-state index in [1.165, 1.54) is 21.9 Å². The van der Waals surface area contributed by atoms with Crippen molar-refractivity contribution in [2.24, 2.45) is 0 Å². The van der Waals surface area contributed by atoms with Gasteiger partial charge in [0.25, 0.3) is 0 Å². The number of furan rings is 1. The van der Waals surface area contributed by atoms with Crippen LogP contribution in [0.3, 0.4) is 0 Å². The van der Waals surface area contributed by atoms with E-state index in [-0.39, 0.29) is 20.1 Å². The number of para-hydroxylation sites is 1. The van der Waals surface area contributed by atoms with Gasteiger partial charge in [0.2, 0.25) is 0 Å². The van der Waals surface area contributed by atoms with Gasteiger partial charge in [0.1, 0.15) is 5.58 Å². The van der Waals surface area contributed by atoms with Crippen molar-refractivity contribution in [1.82, 2.24) is 9.97 Å². The maximum Gasteiger partial charge on any atom is 0.120 e. The largest absolute Gasteiger partial charge is 0.501 e. The molecule has 7 rings (SSSR count). The molecule has 0 aliphatic rings. The second-order valence-corrected chi connectivity index (χ2v) is 16.9. The Morgan fingerprint density at radius 2 is 1.52 bits per heavy atom. The van der Waals surface area contributed by atoms with Crippen LogP contribution in [0.5, 0.6) is 0 Å². The van der Waals surface area contributed by atoms with Crippen LogP contribution in [0, 0.1) is 19.1 Å². The molecule has 5 heteroatoms. The molecule has 3 nitrogen and oxygen atoms in total.